The summed E-state index contributed by atoms with van der Waals surface area (Å²) in [5.74, 6) is -2.01. The second kappa shape index (κ2) is 4.06. The number of nitrogens with zero attached hydrogens (tertiary/aromatic N) is 1. The lowest BCUT2D eigenvalue weighted by molar-refractivity contribution is 0.0692. The van der Waals surface area contributed by atoms with E-state index >= 15 is 0 Å². The van der Waals surface area contributed by atoms with Gasteiger partial charge in [0.25, 0.3) is 0 Å². The van der Waals surface area contributed by atoms with Crippen molar-refractivity contribution in [2.24, 2.45) is 0 Å². The minimum atomic E-state index is -1.26. The molecular formula is C9H11FN2O2. The molecule has 1 aromatic rings. The monoisotopic (exact) mass is 198 g/mol. The summed E-state index contributed by atoms with van der Waals surface area (Å²) in [5, 5.41) is 10.2. The molecule has 0 spiro atoms. The molecule has 76 valence electrons. The molecule has 5 heteroatoms. The van der Waals surface area contributed by atoms with E-state index in [9.17, 15) is 9.18 Å². The Bertz CT molecular complexity index is 353. The number of anilines is 1. The van der Waals surface area contributed by atoms with Gasteiger partial charge in [0.1, 0.15) is 5.82 Å². The molecule has 14 heavy (non-hydrogen) atoms. The van der Waals surface area contributed by atoms with Gasteiger partial charge >= 0.3 is 5.97 Å². The summed E-state index contributed by atoms with van der Waals surface area (Å²) in [6.07, 6.45) is 0. The first-order chi connectivity index (χ1) is 6.50. The SMILES string of the molecule is CN(C)Nc1ccc(C(=O)O)c(F)c1. The summed E-state index contributed by atoms with van der Waals surface area (Å²) >= 11 is 0. The van der Waals surface area contributed by atoms with Crippen LogP contribution >= 0.6 is 0 Å². The summed E-state index contributed by atoms with van der Waals surface area (Å²) in [7, 11) is 3.51. The number of hydrogen-bond donors (Lipinski definition) is 2. The number of carbonyl (C=O) groups is 1. The van der Waals surface area contributed by atoms with Gasteiger partial charge in [-0.3, -0.25) is 0 Å². The Balaban J connectivity index is 2.94. The van der Waals surface area contributed by atoms with E-state index in [0.29, 0.717) is 5.69 Å². The molecule has 0 aliphatic heterocycles. The zero-order chi connectivity index (χ0) is 10.7. The molecule has 0 saturated heterocycles. The molecule has 0 aliphatic carbocycles. The van der Waals surface area contributed by atoms with Crippen LogP contribution in [0.3, 0.4) is 0 Å². The van der Waals surface area contributed by atoms with Gasteiger partial charge < -0.3 is 10.5 Å². The highest BCUT2D eigenvalue weighted by Gasteiger charge is 2.10. The van der Waals surface area contributed by atoms with Crippen molar-refractivity contribution in [1.82, 2.24) is 5.01 Å². The molecule has 0 fully saturated rings. The van der Waals surface area contributed by atoms with Gasteiger partial charge in [-0.2, -0.15) is 0 Å². The van der Waals surface area contributed by atoms with Crippen molar-refractivity contribution in [1.29, 1.82) is 0 Å². The van der Waals surface area contributed by atoms with E-state index in [2.05, 4.69) is 5.43 Å². The number of halogens is 1. The molecule has 0 bridgehead atoms. The second-order valence-corrected chi connectivity index (χ2v) is 3.01. The minimum absolute atomic E-state index is 0.325. The maximum Gasteiger partial charge on any atom is 0.338 e. The smallest absolute Gasteiger partial charge is 0.338 e. The molecule has 0 amide bonds. The number of rotatable bonds is 3. The average Bonchev–Trinajstić information content (AvgIpc) is 2.01. The van der Waals surface area contributed by atoms with Gasteiger partial charge in [0, 0.05) is 14.1 Å². The molecule has 0 aliphatic rings. The van der Waals surface area contributed by atoms with Crippen LogP contribution < -0.4 is 5.43 Å². The standard InChI is InChI=1S/C9H11FN2O2/c1-12(2)11-6-3-4-7(9(13)14)8(10)5-6/h3-5,11H,1-2H3,(H,13,14). The molecule has 1 rings (SSSR count). The van der Waals surface area contributed by atoms with Crippen LogP contribution in [-0.4, -0.2) is 30.2 Å². The molecule has 0 heterocycles. The van der Waals surface area contributed by atoms with E-state index in [-0.39, 0.29) is 5.56 Å². The highest BCUT2D eigenvalue weighted by molar-refractivity contribution is 5.88. The Morgan fingerprint density at radius 2 is 2.14 bits per heavy atom. The number of hydrogen-bond acceptors (Lipinski definition) is 3. The third-order valence-electron chi connectivity index (χ3n) is 1.55. The topological polar surface area (TPSA) is 52.6 Å². The zero-order valence-electron chi connectivity index (χ0n) is 7.91. The van der Waals surface area contributed by atoms with Crippen LogP contribution in [0.5, 0.6) is 0 Å². The first-order valence-electron chi connectivity index (χ1n) is 3.97. The number of hydrazine groups is 1. The third kappa shape index (κ3) is 2.43. The van der Waals surface area contributed by atoms with Crippen molar-refractivity contribution in [2.45, 2.75) is 0 Å². The summed E-state index contributed by atoms with van der Waals surface area (Å²) in [6, 6.07) is 3.87. The van der Waals surface area contributed by atoms with E-state index < -0.39 is 11.8 Å². The lowest BCUT2D eigenvalue weighted by atomic mass is 10.2. The van der Waals surface area contributed by atoms with E-state index in [1.807, 2.05) is 0 Å². The van der Waals surface area contributed by atoms with Crippen molar-refractivity contribution < 1.29 is 14.3 Å². The Hall–Kier alpha value is -1.62. The second-order valence-electron chi connectivity index (χ2n) is 3.01. The van der Waals surface area contributed by atoms with Crippen molar-refractivity contribution in [3.63, 3.8) is 0 Å². The van der Waals surface area contributed by atoms with Crippen molar-refractivity contribution >= 4 is 11.7 Å². The maximum absolute atomic E-state index is 13.1. The molecule has 0 aromatic heterocycles. The predicted octanol–water partition coefficient (Wildman–Crippen LogP) is 1.41. The number of benzene rings is 1. The molecule has 1 aromatic carbocycles. The Kier molecular flexibility index (Phi) is 3.03. The van der Waals surface area contributed by atoms with E-state index in [4.69, 9.17) is 5.11 Å². The fraction of sp³-hybridized carbons (Fsp3) is 0.222. The predicted molar refractivity (Wildman–Crippen MR) is 50.7 cm³/mol. The minimum Gasteiger partial charge on any atom is -0.478 e. The van der Waals surface area contributed by atoms with Crippen LogP contribution in [0.4, 0.5) is 10.1 Å². The molecule has 0 radical (unpaired) electrons. The molecule has 4 nitrogen and oxygen atoms in total. The zero-order valence-corrected chi connectivity index (χ0v) is 7.91. The Morgan fingerprint density at radius 1 is 1.50 bits per heavy atom. The number of carboxylic acids is 1. The number of nitrogens with one attached hydrogen (secondary N) is 1. The van der Waals surface area contributed by atoms with Crippen molar-refractivity contribution in [2.75, 3.05) is 19.5 Å². The van der Waals surface area contributed by atoms with Gasteiger partial charge in [0.05, 0.1) is 11.3 Å². The first kappa shape index (κ1) is 10.5. The van der Waals surface area contributed by atoms with Gasteiger partial charge in [-0.15, -0.1) is 0 Å². The maximum atomic E-state index is 13.1. The van der Waals surface area contributed by atoms with Crippen molar-refractivity contribution in [3.05, 3.63) is 29.6 Å². The summed E-state index contributed by atoms with van der Waals surface area (Å²) in [5.41, 5.74) is 3.00. The molecule has 2 N–H and O–H groups in total. The van der Waals surface area contributed by atoms with Crippen LogP contribution in [0, 0.1) is 5.82 Å². The molecule has 0 atom stereocenters. The Labute approximate surface area is 80.9 Å². The normalized spacial score (nSPS) is 10.3. The summed E-state index contributed by atoms with van der Waals surface area (Å²) in [4.78, 5) is 10.5. The van der Waals surface area contributed by atoms with Gasteiger partial charge in [-0.05, 0) is 18.2 Å². The number of carboxylic acid groups (broad SMARTS) is 1. The van der Waals surface area contributed by atoms with Crippen LogP contribution in [0.2, 0.25) is 0 Å². The average molecular weight is 198 g/mol. The van der Waals surface area contributed by atoms with Crippen LogP contribution in [0.15, 0.2) is 18.2 Å². The number of aromatic carboxylic acids is 1. The Morgan fingerprint density at radius 3 is 2.57 bits per heavy atom. The van der Waals surface area contributed by atoms with Crippen LogP contribution in [-0.2, 0) is 0 Å². The summed E-state index contributed by atoms with van der Waals surface area (Å²) in [6.45, 7) is 0. The lowest BCUT2D eigenvalue weighted by Gasteiger charge is -2.13. The van der Waals surface area contributed by atoms with Gasteiger partial charge in [-0.1, -0.05) is 0 Å². The molecule has 0 unspecified atom stereocenters. The lowest BCUT2D eigenvalue weighted by Crippen LogP contribution is -2.19. The molecule has 0 saturated carbocycles. The highest BCUT2D eigenvalue weighted by Crippen LogP contribution is 2.14. The van der Waals surface area contributed by atoms with Gasteiger partial charge in [-0.25, -0.2) is 14.2 Å². The van der Waals surface area contributed by atoms with E-state index in [1.54, 1.807) is 19.1 Å². The largest absolute Gasteiger partial charge is 0.478 e. The fourth-order valence-corrected chi connectivity index (χ4v) is 1.02. The third-order valence-corrected chi connectivity index (χ3v) is 1.55. The van der Waals surface area contributed by atoms with E-state index in [0.717, 1.165) is 6.07 Å². The van der Waals surface area contributed by atoms with E-state index in [1.165, 1.54) is 12.1 Å². The van der Waals surface area contributed by atoms with Gasteiger partial charge in [0.15, 0.2) is 0 Å². The van der Waals surface area contributed by atoms with Crippen LogP contribution in [0.1, 0.15) is 10.4 Å². The van der Waals surface area contributed by atoms with Crippen LogP contribution in [0.25, 0.3) is 0 Å². The fourth-order valence-electron chi connectivity index (χ4n) is 1.02. The van der Waals surface area contributed by atoms with Crippen molar-refractivity contribution in [3.8, 4) is 0 Å². The quantitative estimate of drug-likeness (QED) is 0.721. The summed E-state index contributed by atoms with van der Waals surface area (Å²) < 4.78 is 13.1. The first-order valence-corrected chi connectivity index (χ1v) is 3.97. The molecular weight excluding hydrogens is 187 g/mol. The highest BCUT2D eigenvalue weighted by atomic mass is 19.1. The van der Waals surface area contributed by atoms with Gasteiger partial charge in [0.2, 0.25) is 0 Å².